The Hall–Kier alpha value is -2.05. The third kappa shape index (κ3) is 2.86. The summed E-state index contributed by atoms with van der Waals surface area (Å²) >= 11 is 0. The molecular weight excluding hydrogens is 272 g/mol. The number of nitrogens with one attached hydrogen (secondary N) is 3. The molecule has 7 heteroatoms. The van der Waals surface area contributed by atoms with Gasteiger partial charge in [0.05, 0.1) is 6.33 Å². The largest absolute Gasteiger partial charge is 0.480 e. The molecule has 1 aromatic heterocycles. The Morgan fingerprint density at radius 1 is 1.38 bits per heavy atom. The lowest BCUT2D eigenvalue weighted by atomic mass is 10.0. The highest BCUT2D eigenvalue weighted by Gasteiger charge is 2.65. The predicted octanol–water partition coefficient (Wildman–Crippen LogP) is 1.14. The molecule has 1 heterocycles. The van der Waals surface area contributed by atoms with Crippen LogP contribution in [-0.4, -0.2) is 39.2 Å². The van der Waals surface area contributed by atoms with Gasteiger partial charge in [0.2, 0.25) is 0 Å². The minimum absolute atomic E-state index is 0.00638. The molecule has 0 radical (unpaired) electrons. The third-order valence-corrected chi connectivity index (χ3v) is 4.88. The van der Waals surface area contributed by atoms with Gasteiger partial charge >= 0.3 is 12.0 Å². The number of hydrogen-bond donors (Lipinski definition) is 4. The van der Waals surface area contributed by atoms with Gasteiger partial charge in [-0.05, 0) is 10.8 Å². The van der Waals surface area contributed by atoms with E-state index >= 15 is 0 Å². The van der Waals surface area contributed by atoms with Crippen LogP contribution in [0.1, 0.15) is 33.4 Å². The number of hydrogen-bond acceptors (Lipinski definition) is 3. The molecule has 1 aliphatic carbocycles. The van der Waals surface area contributed by atoms with Gasteiger partial charge in [-0.2, -0.15) is 0 Å². The number of H-pyrrole nitrogens is 1. The lowest BCUT2D eigenvalue weighted by Gasteiger charge is -2.15. The van der Waals surface area contributed by atoms with Crippen LogP contribution in [0, 0.1) is 10.8 Å². The van der Waals surface area contributed by atoms with Crippen molar-refractivity contribution in [2.24, 2.45) is 10.8 Å². The van der Waals surface area contributed by atoms with Crippen LogP contribution in [0.25, 0.3) is 0 Å². The van der Waals surface area contributed by atoms with E-state index in [1.54, 1.807) is 6.20 Å². The Kier molecular flexibility index (Phi) is 3.69. The Morgan fingerprint density at radius 2 is 2.00 bits per heavy atom. The number of aliphatic carboxylic acids is 1. The molecule has 116 valence electrons. The number of carboxylic acids is 1. The molecule has 4 N–H and O–H groups in total. The van der Waals surface area contributed by atoms with Crippen molar-refractivity contribution in [2.45, 2.75) is 46.2 Å². The average molecular weight is 294 g/mol. The summed E-state index contributed by atoms with van der Waals surface area (Å²) in [6, 6.07) is -1.41. The number of carbonyl (C=O) groups excluding carboxylic acids is 1. The molecule has 0 bridgehead atoms. The van der Waals surface area contributed by atoms with Gasteiger partial charge in [-0.1, -0.05) is 27.7 Å². The van der Waals surface area contributed by atoms with Crippen molar-refractivity contribution in [1.82, 2.24) is 20.6 Å². The lowest BCUT2D eigenvalue weighted by molar-refractivity contribution is -0.139. The predicted molar refractivity (Wildman–Crippen MR) is 76.7 cm³/mol. The standard InChI is InChI=1S/C14H22N4O3/c1-13(2)11(14(13,3)4)18-12(21)17-9(10(19)20)5-8-6-15-7-16-8/h6-7,9,11H,5H2,1-4H3,(H,15,16)(H,19,20)(H2,17,18,21). The summed E-state index contributed by atoms with van der Waals surface area (Å²) < 4.78 is 0. The highest BCUT2D eigenvalue weighted by molar-refractivity contribution is 5.83. The van der Waals surface area contributed by atoms with E-state index in [0.717, 1.165) is 0 Å². The summed E-state index contributed by atoms with van der Waals surface area (Å²) in [6.07, 6.45) is 3.19. The monoisotopic (exact) mass is 294 g/mol. The Labute approximate surface area is 123 Å². The van der Waals surface area contributed by atoms with Crippen molar-refractivity contribution in [3.05, 3.63) is 18.2 Å². The van der Waals surface area contributed by atoms with Crippen LogP contribution in [0.2, 0.25) is 0 Å². The number of carbonyl (C=O) groups is 2. The van der Waals surface area contributed by atoms with E-state index in [-0.39, 0.29) is 23.3 Å². The van der Waals surface area contributed by atoms with Gasteiger partial charge in [-0.25, -0.2) is 14.6 Å². The maximum absolute atomic E-state index is 12.0. The summed E-state index contributed by atoms with van der Waals surface area (Å²) in [4.78, 5) is 29.9. The van der Waals surface area contributed by atoms with E-state index in [1.165, 1.54) is 6.33 Å². The zero-order valence-electron chi connectivity index (χ0n) is 12.7. The molecule has 1 atom stereocenters. The maximum atomic E-state index is 12.0. The quantitative estimate of drug-likeness (QED) is 0.653. The number of imidazole rings is 1. The molecule has 0 saturated heterocycles. The van der Waals surface area contributed by atoms with Crippen LogP contribution in [0.5, 0.6) is 0 Å². The van der Waals surface area contributed by atoms with Crippen LogP contribution in [0.4, 0.5) is 4.79 Å². The van der Waals surface area contributed by atoms with Crippen molar-refractivity contribution in [2.75, 3.05) is 0 Å². The molecule has 1 aromatic rings. The molecular formula is C14H22N4O3. The smallest absolute Gasteiger partial charge is 0.326 e. The van der Waals surface area contributed by atoms with Crippen LogP contribution < -0.4 is 10.6 Å². The van der Waals surface area contributed by atoms with Crippen molar-refractivity contribution >= 4 is 12.0 Å². The average Bonchev–Trinajstić information content (AvgIpc) is 2.79. The van der Waals surface area contributed by atoms with Gasteiger partial charge in [0.15, 0.2) is 0 Å². The van der Waals surface area contributed by atoms with E-state index in [1.807, 2.05) is 0 Å². The molecule has 0 aliphatic heterocycles. The fourth-order valence-corrected chi connectivity index (χ4v) is 2.70. The third-order valence-electron chi connectivity index (χ3n) is 4.88. The lowest BCUT2D eigenvalue weighted by Crippen LogP contribution is -2.48. The molecule has 1 unspecified atom stereocenters. The second-order valence-electron chi connectivity index (χ2n) is 6.67. The minimum atomic E-state index is -1.07. The number of nitrogens with zero attached hydrogens (tertiary/aromatic N) is 1. The number of amides is 2. The molecule has 0 aromatic carbocycles. The Bertz CT molecular complexity index is 522. The second kappa shape index (κ2) is 5.05. The van der Waals surface area contributed by atoms with Crippen molar-refractivity contribution < 1.29 is 14.7 Å². The summed E-state index contributed by atoms with van der Waals surface area (Å²) in [6.45, 7) is 8.32. The number of urea groups is 1. The first-order valence-corrected chi connectivity index (χ1v) is 6.93. The van der Waals surface area contributed by atoms with E-state index in [0.29, 0.717) is 5.69 Å². The van der Waals surface area contributed by atoms with E-state index < -0.39 is 18.0 Å². The fourth-order valence-electron chi connectivity index (χ4n) is 2.70. The van der Waals surface area contributed by atoms with Gasteiger partial charge in [0.25, 0.3) is 0 Å². The van der Waals surface area contributed by atoms with Gasteiger partial charge in [0.1, 0.15) is 6.04 Å². The minimum Gasteiger partial charge on any atom is -0.480 e. The SMILES string of the molecule is CC1(C)C(NC(=O)NC(Cc2cnc[nH]2)C(=O)O)C1(C)C. The van der Waals surface area contributed by atoms with E-state index in [2.05, 4.69) is 48.3 Å². The highest BCUT2D eigenvalue weighted by Crippen LogP contribution is 2.62. The maximum Gasteiger partial charge on any atom is 0.326 e. The van der Waals surface area contributed by atoms with Crippen molar-refractivity contribution in [3.63, 3.8) is 0 Å². The van der Waals surface area contributed by atoms with Crippen molar-refractivity contribution in [3.8, 4) is 0 Å². The normalized spacial score (nSPS) is 20.6. The summed E-state index contributed by atoms with van der Waals surface area (Å²) in [7, 11) is 0. The number of aromatic amines is 1. The summed E-state index contributed by atoms with van der Waals surface area (Å²) in [5.74, 6) is -1.07. The van der Waals surface area contributed by atoms with Crippen LogP contribution in [-0.2, 0) is 11.2 Å². The fraction of sp³-hybridized carbons (Fsp3) is 0.643. The van der Waals surface area contributed by atoms with E-state index in [9.17, 15) is 14.7 Å². The topological polar surface area (TPSA) is 107 Å². The van der Waals surface area contributed by atoms with Gasteiger partial charge in [-0.3, -0.25) is 0 Å². The summed E-state index contributed by atoms with van der Waals surface area (Å²) in [5.41, 5.74) is 0.675. The number of rotatable bonds is 5. The molecule has 21 heavy (non-hydrogen) atoms. The molecule has 1 fully saturated rings. The van der Waals surface area contributed by atoms with Crippen LogP contribution in [0.3, 0.4) is 0 Å². The first-order chi connectivity index (χ1) is 9.66. The second-order valence-corrected chi connectivity index (χ2v) is 6.67. The Morgan fingerprint density at radius 3 is 2.43 bits per heavy atom. The zero-order chi connectivity index (χ0) is 15.8. The van der Waals surface area contributed by atoms with Gasteiger partial charge in [-0.15, -0.1) is 0 Å². The first kappa shape index (κ1) is 15.3. The van der Waals surface area contributed by atoms with E-state index in [4.69, 9.17) is 0 Å². The summed E-state index contributed by atoms with van der Waals surface area (Å²) in [5, 5.41) is 14.6. The molecule has 2 amide bonds. The number of carboxylic acid groups (broad SMARTS) is 1. The number of aromatic nitrogens is 2. The zero-order valence-corrected chi connectivity index (χ0v) is 12.7. The van der Waals surface area contributed by atoms with Crippen molar-refractivity contribution in [1.29, 1.82) is 0 Å². The molecule has 1 aliphatic rings. The molecule has 7 nitrogen and oxygen atoms in total. The van der Waals surface area contributed by atoms with Gasteiger partial charge < -0.3 is 20.7 Å². The molecule has 0 spiro atoms. The molecule has 2 rings (SSSR count). The van der Waals surface area contributed by atoms with Crippen LogP contribution in [0.15, 0.2) is 12.5 Å². The first-order valence-electron chi connectivity index (χ1n) is 6.93. The van der Waals surface area contributed by atoms with Crippen LogP contribution >= 0.6 is 0 Å². The van der Waals surface area contributed by atoms with Gasteiger partial charge in [0, 0.05) is 24.4 Å². The highest BCUT2D eigenvalue weighted by atomic mass is 16.4. The Balaban J connectivity index is 1.92. The molecule has 1 saturated carbocycles.